The molecule has 0 N–H and O–H groups in total. The third kappa shape index (κ3) is 2.54. The van der Waals surface area contributed by atoms with E-state index in [-0.39, 0.29) is 5.38 Å². The van der Waals surface area contributed by atoms with Crippen molar-refractivity contribution in [2.75, 3.05) is 0 Å². The highest BCUT2D eigenvalue weighted by Crippen LogP contribution is 2.27. The quantitative estimate of drug-likeness (QED) is 0.620. The Bertz CT molecular complexity index is 733. The van der Waals surface area contributed by atoms with E-state index in [0.717, 1.165) is 23.4 Å². The van der Waals surface area contributed by atoms with E-state index in [2.05, 4.69) is 21.7 Å². The molecule has 1 aromatic heterocycles. The summed E-state index contributed by atoms with van der Waals surface area (Å²) in [6, 6.07) is 16.0. The lowest BCUT2D eigenvalue weighted by Gasteiger charge is -2.10. The molecule has 3 aromatic rings. The summed E-state index contributed by atoms with van der Waals surface area (Å²) in [5.74, 6) is 0.868. The summed E-state index contributed by atoms with van der Waals surface area (Å²) in [7, 11) is 0. The number of hydrogen-bond donors (Lipinski definition) is 0. The maximum atomic E-state index is 6.27. The fourth-order valence-electron chi connectivity index (χ4n) is 2.36. The van der Waals surface area contributed by atoms with Crippen molar-refractivity contribution in [3.63, 3.8) is 0 Å². The number of aromatic nitrogens is 2. The predicted molar refractivity (Wildman–Crippen MR) is 84.6 cm³/mol. The zero-order chi connectivity index (χ0) is 14.1. The largest absolute Gasteiger partial charge is 0.322 e. The summed E-state index contributed by atoms with van der Waals surface area (Å²) < 4.78 is 2.15. The molecule has 102 valence electrons. The molecule has 0 radical (unpaired) electrons. The Morgan fingerprint density at radius 3 is 2.60 bits per heavy atom. The maximum absolute atomic E-state index is 6.27. The van der Waals surface area contributed by atoms with Crippen molar-refractivity contribution in [2.24, 2.45) is 0 Å². The molecule has 0 saturated heterocycles. The van der Waals surface area contributed by atoms with Crippen molar-refractivity contribution in [1.82, 2.24) is 9.55 Å². The molecule has 0 aliphatic carbocycles. The van der Waals surface area contributed by atoms with E-state index in [1.165, 1.54) is 5.56 Å². The van der Waals surface area contributed by atoms with Crippen LogP contribution in [0.4, 0.5) is 0 Å². The fourth-order valence-corrected chi connectivity index (χ4v) is 2.69. The summed E-state index contributed by atoms with van der Waals surface area (Å²) in [4.78, 5) is 4.62. The molecular weight excluding hydrogens is 291 g/mol. The zero-order valence-corrected chi connectivity index (χ0v) is 12.6. The molecule has 3 rings (SSSR count). The van der Waals surface area contributed by atoms with Crippen molar-refractivity contribution < 1.29 is 0 Å². The summed E-state index contributed by atoms with van der Waals surface area (Å²) >= 11 is 12.3. The van der Waals surface area contributed by atoms with Gasteiger partial charge in [0, 0.05) is 11.6 Å². The van der Waals surface area contributed by atoms with Gasteiger partial charge in [-0.05, 0) is 30.7 Å². The molecule has 1 unspecified atom stereocenters. The number of hydrogen-bond acceptors (Lipinski definition) is 1. The minimum atomic E-state index is -0.148. The predicted octanol–water partition coefficient (Wildman–Crippen LogP) is 5.04. The molecule has 0 amide bonds. The molecule has 2 nitrogen and oxygen atoms in total. The molecular formula is C16H14Cl2N2. The molecule has 1 heterocycles. The molecule has 0 aliphatic heterocycles. The number of imidazole rings is 1. The lowest BCUT2D eigenvalue weighted by atomic mass is 10.2. The molecule has 4 heteroatoms. The highest BCUT2D eigenvalue weighted by molar-refractivity contribution is 6.31. The van der Waals surface area contributed by atoms with Gasteiger partial charge in [-0.15, -0.1) is 11.6 Å². The fraction of sp³-hybridized carbons (Fsp3) is 0.188. The Hall–Kier alpha value is -1.51. The third-order valence-corrected chi connectivity index (χ3v) is 3.71. The molecule has 0 bridgehead atoms. The van der Waals surface area contributed by atoms with Crippen LogP contribution in [0, 0.1) is 0 Å². The Morgan fingerprint density at radius 2 is 1.90 bits per heavy atom. The van der Waals surface area contributed by atoms with Gasteiger partial charge in [-0.25, -0.2) is 4.98 Å². The smallest absolute Gasteiger partial charge is 0.128 e. The van der Waals surface area contributed by atoms with Crippen LogP contribution in [0.3, 0.4) is 0 Å². The topological polar surface area (TPSA) is 17.8 Å². The number of fused-ring (bicyclic) bond motifs is 1. The van der Waals surface area contributed by atoms with Gasteiger partial charge < -0.3 is 4.57 Å². The number of benzene rings is 2. The van der Waals surface area contributed by atoms with Crippen molar-refractivity contribution in [1.29, 1.82) is 0 Å². The van der Waals surface area contributed by atoms with E-state index in [1.807, 2.05) is 43.3 Å². The second-order valence-electron chi connectivity index (χ2n) is 4.79. The molecule has 2 aromatic carbocycles. The van der Waals surface area contributed by atoms with Crippen LogP contribution >= 0.6 is 23.2 Å². The van der Waals surface area contributed by atoms with Crippen LogP contribution in [0.2, 0.25) is 5.02 Å². The van der Waals surface area contributed by atoms with Crippen LogP contribution in [-0.4, -0.2) is 9.55 Å². The first kappa shape index (κ1) is 13.5. The third-order valence-electron chi connectivity index (χ3n) is 3.28. The van der Waals surface area contributed by atoms with Crippen LogP contribution in [0.1, 0.15) is 23.7 Å². The van der Waals surface area contributed by atoms with E-state index >= 15 is 0 Å². The molecule has 20 heavy (non-hydrogen) atoms. The molecule has 0 spiro atoms. The SMILES string of the molecule is CC(Cl)c1nc2cc(Cl)ccc2n1Cc1ccccc1. The van der Waals surface area contributed by atoms with Crippen LogP contribution < -0.4 is 0 Å². The number of rotatable bonds is 3. The highest BCUT2D eigenvalue weighted by atomic mass is 35.5. The Kier molecular flexibility index (Phi) is 3.68. The first-order chi connectivity index (χ1) is 9.65. The van der Waals surface area contributed by atoms with Crippen molar-refractivity contribution in [3.05, 3.63) is 64.9 Å². The first-order valence-corrected chi connectivity index (χ1v) is 7.30. The zero-order valence-electron chi connectivity index (χ0n) is 11.1. The van der Waals surface area contributed by atoms with E-state index in [4.69, 9.17) is 23.2 Å². The van der Waals surface area contributed by atoms with E-state index in [9.17, 15) is 0 Å². The van der Waals surface area contributed by atoms with Gasteiger partial charge in [0.25, 0.3) is 0 Å². The number of nitrogens with zero attached hydrogens (tertiary/aromatic N) is 2. The van der Waals surface area contributed by atoms with Crippen LogP contribution in [0.25, 0.3) is 11.0 Å². The first-order valence-electron chi connectivity index (χ1n) is 6.49. The average molecular weight is 305 g/mol. The average Bonchev–Trinajstić information content (AvgIpc) is 2.78. The van der Waals surface area contributed by atoms with E-state index in [0.29, 0.717) is 5.02 Å². The van der Waals surface area contributed by atoms with Crippen LogP contribution in [0.5, 0.6) is 0 Å². The summed E-state index contributed by atoms with van der Waals surface area (Å²) in [6.07, 6.45) is 0. The molecule has 0 saturated carbocycles. The lowest BCUT2D eigenvalue weighted by Crippen LogP contribution is -2.05. The summed E-state index contributed by atoms with van der Waals surface area (Å²) in [6.45, 7) is 2.69. The van der Waals surface area contributed by atoms with Gasteiger partial charge in [0.1, 0.15) is 5.82 Å². The van der Waals surface area contributed by atoms with Crippen molar-refractivity contribution in [2.45, 2.75) is 18.8 Å². The maximum Gasteiger partial charge on any atom is 0.128 e. The van der Waals surface area contributed by atoms with Gasteiger partial charge in [-0.3, -0.25) is 0 Å². The number of alkyl halides is 1. The minimum Gasteiger partial charge on any atom is -0.322 e. The second kappa shape index (κ2) is 5.47. The lowest BCUT2D eigenvalue weighted by molar-refractivity contribution is 0.742. The molecule has 0 fully saturated rings. The van der Waals surface area contributed by atoms with Crippen molar-refractivity contribution in [3.8, 4) is 0 Å². The monoisotopic (exact) mass is 304 g/mol. The van der Waals surface area contributed by atoms with Gasteiger partial charge in [0.15, 0.2) is 0 Å². The number of halogens is 2. The van der Waals surface area contributed by atoms with Crippen LogP contribution in [-0.2, 0) is 6.54 Å². The Labute approximate surface area is 128 Å². The molecule has 0 aliphatic rings. The van der Waals surface area contributed by atoms with Gasteiger partial charge >= 0.3 is 0 Å². The Morgan fingerprint density at radius 1 is 1.15 bits per heavy atom. The van der Waals surface area contributed by atoms with Crippen molar-refractivity contribution >= 4 is 34.2 Å². The summed E-state index contributed by atoms with van der Waals surface area (Å²) in [5.41, 5.74) is 3.16. The van der Waals surface area contributed by atoms with Gasteiger partial charge in [-0.2, -0.15) is 0 Å². The van der Waals surface area contributed by atoms with Gasteiger partial charge in [-0.1, -0.05) is 41.9 Å². The molecule has 1 atom stereocenters. The van der Waals surface area contributed by atoms with E-state index < -0.39 is 0 Å². The normalized spacial score (nSPS) is 12.8. The van der Waals surface area contributed by atoms with Crippen LogP contribution in [0.15, 0.2) is 48.5 Å². The highest BCUT2D eigenvalue weighted by Gasteiger charge is 2.15. The summed E-state index contributed by atoms with van der Waals surface area (Å²) in [5, 5.41) is 0.542. The van der Waals surface area contributed by atoms with E-state index in [1.54, 1.807) is 0 Å². The standard InChI is InChI=1S/C16H14Cl2N2/c1-11(17)16-19-14-9-13(18)7-8-15(14)20(16)10-12-5-3-2-4-6-12/h2-9,11H,10H2,1H3. The second-order valence-corrected chi connectivity index (χ2v) is 5.88. The minimum absolute atomic E-state index is 0.148. The van der Waals surface area contributed by atoms with Gasteiger partial charge in [0.2, 0.25) is 0 Å². The van der Waals surface area contributed by atoms with Gasteiger partial charge in [0.05, 0.1) is 16.4 Å². The Balaban J connectivity index is 2.14.